The maximum atomic E-state index is 11.5. The van der Waals surface area contributed by atoms with Crippen molar-refractivity contribution >= 4 is 17.7 Å². The van der Waals surface area contributed by atoms with Crippen LogP contribution in [0.3, 0.4) is 0 Å². The summed E-state index contributed by atoms with van der Waals surface area (Å²) in [7, 11) is 0. The van der Waals surface area contributed by atoms with Crippen LogP contribution in [0, 0.1) is 5.92 Å². The van der Waals surface area contributed by atoms with Crippen LogP contribution in [0.2, 0.25) is 0 Å². The van der Waals surface area contributed by atoms with Crippen LogP contribution in [0.4, 0.5) is 0 Å². The summed E-state index contributed by atoms with van der Waals surface area (Å²) in [5.41, 5.74) is 5.01. The molecular weight excluding hydrogens is 198 g/mol. The minimum atomic E-state index is -0.671. The zero-order valence-electron chi connectivity index (χ0n) is 8.58. The van der Waals surface area contributed by atoms with Crippen molar-refractivity contribution < 1.29 is 14.4 Å². The number of primary amides is 1. The van der Waals surface area contributed by atoms with Crippen LogP contribution < -0.4 is 16.4 Å². The monoisotopic (exact) mass is 213 g/mol. The largest absolute Gasteiger partial charge is 0.368 e. The first-order valence-electron chi connectivity index (χ1n) is 4.87. The molecule has 1 aliphatic heterocycles. The van der Waals surface area contributed by atoms with Gasteiger partial charge in [0.25, 0.3) is 0 Å². The molecule has 3 amide bonds. The third-order valence-corrected chi connectivity index (χ3v) is 2.42. The van der Waals surface area contributed by atoms with E-state index in [1.165, 1.54) is 6.92 Å². The fourth-order valence-corrected chi connectivity index (χ4v) is 1.36. The van der Waals surface area contributed by atoms with Gasteiger partial charge in [-0.2, -0.15) is 0 Å². The molecular formula is C9H15N3O3. The number of nitrogens with one attached hydrogen (secondary N) is 2. The van der Waals surface area contributed by atoms with E-state index in [0.29, 0.717) is 19.4 Å². The summed E-state index contributed by atoms with van der Waals surface area (Å²) in [6, 6.07) is -0.671. The number of carbonyl (C=O) groups is 3. The van der Waals surface area contributed by atoms with Gasteiger partial charge in [0.05, 0.1) is 5.92 Å². The van der Waals surface area contributed by atoms with Crippen LogP contribution in [0.1, 0.15) is 19.8 Å². The molecule has 84 valence electrons. The van der Waals surface area contributed by atoms with E-state index in [9.17, 15) is 14.4 Å². The summed E-state index contributed by atoms with van der Waals surface area (Å²) in [5, 5.41) is 5.10. The van der Waals surface area contributed by atoms with E-state index in [1.807, 2.05) is 0 Å². The Balaban J connectivity index is 2.40. The Morgan fingerprint density at radius 1 is 1.60 bits per heavy atom. The van der Waals surface area contributed by atoms with Crippen LogP contribution in [0.25, 0.3) is 0 Å². The second-order valence-electron chi connectivity index (χ2n) is 3.67. The molecule has 0 radical (unpaired) electrons. The molecule has 0 aromatic rings. The standard InChI is InChI=1S/C9H15N3O3/c1-5(8(10)14)12-9(15)6-2-3-7(13)11-4-6/h5-6H,2-4H2,1H3,(H2,10,14)(H,11,13)(H,12,15). The Bertz CT molecular complexity index is 280. The molecule has 0 aromatic carbocycles. The van der Waals surface area contributed by atoms with Gasteiger partial charge in [0.1, 0.15) is 6.04 Å². The van der Waals surface area contributed by atoms with E-state index in [1.54, 1.807) is 0 Å². The van der Waals surface area contributed by atoms with Gasteiger partial charge in [-0.05, 0) is 13.3 Å². The minimum absolute atomic E-state index is 0.0398. The molecule has 1 rings (SSSR count). The molecule has 1 fully saturated rings. The summed E-state index contributed by atoms with van der Waals surface area (Å²) in [4.78, 5) is 33.1. The lowest BCUT2D eigenvalue weighted by molar-refractivity contribution is -0.132. The normalized spacial score (nSPS) is 22.7. The van der Waals surface area contributed by atoms with E-state index in [2.05, 4.69) is 10.6 Å². The first-order chi connectivity index (χ1) is 7.00. The summed E-state index contributed by atoms with van der Waals surface area (Å²) < 4.78 is 0. The first kappa shape index (κ1) is 11.5. The molecule has 0 spiro atoms. The van der Waals surface area contributed by atoms with Gasteiger partial charge in [-0.25, -0.2) is 0 Å². The summed E-state index contributed by atoms with van der Waals surface area (Å²) in [6.45, 7) is 1.86. The predicted molar refractivity (Wildman–Crippen MR) is 52.5 cm³/mol. The molecule has 15 heavy (non-hydrogen) atoms. The number of rotatable bonds is 3. The molecule has 1 aliphatic rings. The maximum Gasteiger partial charge on any atom is 0.239 e. The van der Waals surface area contributed by atoms with Crippen LogP contribution in [-0.4, -0.2) is 30.3 Å². The third kappa shape index (κ3) is 3.23. The van der Waals surface area contributed by atoms with Crippen LogP contribution >= 0.6 is 0 Å². The number of piperidine rings is 1. The van der Waals surface area contributed by atoms with E-state index >= 15 is 0 Å². The predicted octanol–water partition coefficient (Wildman–Crippen LogP) is -1.50. The first-order valence-corrected chi connectivity index (χ1v) is 4.87. The highest BCUT2D eigenvalue weighted by Crippen LogP contribution is 2.10. The molecule has 6 heteroatoms. The Kier molecular flexibility index (Phi) is 3.65. The molecule has 1 heterocycles. The van der Waals surface area contributed by atoms with Crippen molar-refractivity contribution in [1.82, 2.24) is 10.6 Å². The molecule has 2 unspecified atom stereocenters. The quantitative estimate of drug-likeness (QED) is 0.532. The molecule has 2 atom stereocenters. The molecule has 0 bridgehead atoms. The van der Waals surface area contributed by atoms with Crippen molar-refractivity contribution in [2.75, 3.05) is 6.54 Å². The van der Waals surface area contributed by atoms with E-state index in [4.69, 9.17) is 5.73 Å². The maximum absolute atomic E-state index is 11.5. The number of hydrogen-bond acceptors (Lipinski definition) is 3. The Morgan fingerprint density at radius 2 is 2.27 bits per heavy atom. The summed E-state index contributed by atoms with van der Waals surface area (Å²) in [6.07, 6.45) is 0.867. The van der Waals surface area contributed by atoms with Gasteiger partial charge >= 0.3 is 0 Å². The van der Waals surface area contributed by atoms with E-state index in [0.717, 1.165) is 0 Å². The average molecular weight is 213 g/mol. The molecule has 4 N–H and O–H groups in total. The van der Waals surface area contributed by atoms with Crippen molar-refractivity contribution in [2.24, 2.45) is 11.7 Å². The van der Waals surface area contributed by atoms with Crippen LogP contribution in [0.5, 0.6) is 0 Å². The van der Waals surface area contributed by atoms with Gasteiger partial charge in [-0.3, -0.25) is 14.4 Å². The molecule has 0 aromatic heterocycles. The minimum Gasteiger partial charge on any atom is -0.368 e. The smallest absolute Gasteiger partial charge is 0.239 e. The van der Waals surface area contributed by atoms with Gasteiger partial charge < -0.3 is 16.4 Å². The van der Waals surface area contributed by atoms with Gasteiger partial charge in [0, 0.05) is 13.0 Å². The third-order valence-electron chi connectivity index (χ3n) is 2.42. The molecule has 6 nitrogen and oxygen atoms in total. The van der Waals surface area contributed by atoms with Gasteiger partial charge in [-0.15, -0.1) is 0 Å². The lowest BCUT2D eigenvalue weighted by Crippen LogP contribution is -2.48. The highest BCUT2D eigenvalue weighted by Gasteiger charge is 2.25. The SMILES string of the molecule is CC(NC(=O)C1CCC(=O)NC1)C(N)=O. The van der Waals surface area contributed by atoms with Crippen molar-refractivity contribution in [3.8, 4) is 0 Å². The van der Waals surface area contributed by atoms with Crippen molar-refractivity contribution in [1.29, 1.82) is 0 Å². The zero-order chi connectivity index (χ0) is 11.4. The highest BCUT2D eigenvalue weighted by molar-refractivity contribution is 5.88. The number of carbonyl (C=O) groups excluding carboxylic acids is 3. The molecule has 0 aliphatic carbocycles. The summed E-state index contributed by atoms with van der Waals surface area (Å²) in [5.74, 6) is -1.10. The van der Waals surface area contributed by atoms with Crippen molar-refractivity contribution in [3.05, 3.63) is 0 Å². The molecule has 0 saturated carbocycles. The second kappa shape index (κ2) is 4.77. The van der Waals surface area contributed by atoms with Gasteiger partial charge in [0.2, 0.25) is 17.7 Å². The highest BCUT2D eigenvalue weighted by atomic mass is 16.2. The fourth-order valence-electron chi connectivity index (χ4n) is 1.36. The molecule has 1 saturated heterocycles. The lowest BCUT2D eigenvalue weighted by Gasteiger charge is -2.22. The number of hydrogen-bond donors (Lipinski definition) is 3. The Labute approximate surface area is 87.6 Å². The topological polar surface area (TPSA) is 101 Å². The van der Waals surface area contributed by atoms with Gasteiger partial charge in [-0.1, -0.05) is 0 Å². The van der Waals surface area contributed by atoms with Crippen LogP contribution in [-0.2, 0) is 14.4 Å². The van der Waals surface area contributed by atoms with Crippen LogP contribution in [0.15, 0.2) is 0 Å². The second-order valence-corrected chi connectivity index (χ2v) is 3.67. The number of nitrogens with two attached hydrogens (primary N) is 1. The average Bonchev–Trinajstić information content (AvgIpc) is 2.18. The number of amides is 3. The lowest BCUT2D eigenvalue weighted by atomic mass is 9.98. The van der Waals surface area contributed by atoms with Gasteiger partial charge in [0.15, 0.2) is 0 Å². The summed E-state index contributed by atoms with van der Waals surface area (Å²) >= 11 is 0. The van der Waals surface area contributed by atoms with E-state index in [-0.39, 0.29) is 17.7 Å². The van der Waals surface area contributed by atoms with Crippen molar-refractivity contribution in [2.45, 2.75) is 25.8 Å². The fraction of sp³-hybridized carbons (Fsp3) is 0.667. The van der Waals surface area contributed by atoms with Crippen molar-refractivity contribution in [3.63, 3.8) is 0 Å². The Hall–Kier alpha value is -1.59. The Morgan fingerprint density at radius 3 is 2.73 bits per heavy atom. The van der Waals surface area contributed by atoms with E-state index < -0.39 is 11.9 Å². The zero-order valence-corrected chi connectivity index (χ0v) is 8.58.